The monoisotopic (exact) mass is 301 g/mol. The molecule has 2 amide bonds. The van der Waals surface area contributed by atoms with E-state index in [4.69, 9.17) is 0 Å². The average molecular weight is 301 g/mol. The highest BCUT2D eigenvalue weighted by molar-refractivity contribution is 6.15. The smallest absolute Gasteiger partial charge is 0.234 e. The number of imide groups is 1. The zero-order chi connectivity index (χ0) is 16.4. The van der Waals surface area contributed by atoms with Gasteiger partial charge in [0.25, 0.3) is 0 Å². The van der Waals surface area contributed by atoms with E-state index in [1.54, 1.807) is 6.92 Å². The second kappa shape index (κ2) is 6.05. The zero-order valence-corrected chi connectivity index (χ0v) is 12.2. The molecule has 1 fully saturated rings. The van der Waals surface area contributed by atoms with Gasteiger partial charge in [-0.3, -0.25) is 19.7 Å². The van der Waals surface area contributed by atoms with Crippen LogP contribution in [0.5, 0.6) is 0 Å². The Kier molecular flexibility index (Phi) is 4.35. The number of rotatable bonds is 4. The van der Waals surface area contributed by atoms with Gasteiger partial charge in [-0.15, -0.1) is 0 Å². The molecule has 114 valence electrons. The van der Waals surface area contributed by atoms with Crippen molar-refractivity contribution in [1.29, 1.82) is 0 Å². The number of carbonyl (C=O) groups excluding carboxylic acids is 3. The van der Waals surface area contributed by atoms with E-state index in [1.807, 2.05) is 0 Å². The molecule has 1 heterocycles. The Labute approximate surface area is 127 Å². The van der Waals surface area contributed by atoms with Crippen LogP contribution in [0.15, 0.2) is 36.9 Å². The molecular formula is C17H16FNO3. The van der Waals surface area contributed by atoms with E-state index in [-0.39, 0.29) is 29.9 Å². The Bertz CT molecular complexity index is 706. The van der Waals surface area contributed by atoms with Gasteiger partial charge < -0.3 is 0 Å². The van der Waals surface area contributed by atoms with E-state index in [2.05, 4.69) is 18.5 Å². The lowest BCUT2D eigenvalue weighted by Crippen LogP contribution is -2.42. The van der Waals surface area contributed by atoms with Gasteiger partial charge in [-0.2, -0.15) is 0 Å². The van der Waals surface area contributed by atoms with Gasteiger partial charge in [0, 0.05) is 17.6 Å². The van der Waals surface area contributed by atoms with E-state index in [1.165, 1.54) is 12.1 Å². The maximum atomic E-state index is 13.5. The molecule has 22 heavy (non-hydrogen) atoms. The number of benzene rings is 1. The van der Waals surface area contributed by atoms with Crippen LogP contribution < -0.4 is 5.32 Å². The van der Waals surface area contributed by atoms with Crippen LogP contribution in [0.1, 0.15) is 35.7 Å². The van der Waals surface area contributed by atoms with E-state index in [9.17, 15) is 18.8 Å². The Morgan fingerprint density at radius 3 is 2.55 bits per heavy atom. The largest absolute Gasteiger partial charge is 0.296 e. The molecule has 0 bridgehead atoms. The minimum Gasteiger partial charge on any atom is -0.296 e. The Balaban J connectivity index is 2.34. The summed E-state index contributed by atoms with van der Waals surface area (Å²) in [6.07, 6.45) is 0.381. The lowest BCUT2D eigenvalue weighted by molar-refractivity contribution is -0.135. The fourth-order valence-corrected chi connectivity index (χ4v) is 2.43. The van der Waals surface area contributed by atoms with Crippen LogP contribution in [-0.4, -0.2) is 17.6 Å². The zero-order valence-electron chi connectivity index (χ0n) is 12.2. The summed E-state index contributed by atoms with van der Waals surface area (Å²) in [4.78, 5) is 35.6. The minimum absolute atomic E-state index is 0.0538. The van der Waals surface area contributed by atoms with Crippen molar-refractivity contribution in [2.75, 3.05) is 0 Å². The summed E-state index contributed by atoms with van der Waals surface area (Å²) in [5.74, 6) is -2.74. The van der Waals surface area contributed by atoms with Gasteiger partial charge in [-0.05, 0) is 31.0 Å². The predicted molar refractivity (Wildman–Crippen MR) is 80.5 cm³/mol. The van der Waals surface area contributed by atoms with E-state index < -0.39 is 23.4 Å². The molecule has 1 atom stereocenters. The normalized spacial score (nSPS) is 17.8. The molecule has 1 aliphatic rings. The number of hydrogen-bond acceptors (Lipinski definition) is 3. The first kappa shape index (κ1) is 15.8. The van der Waals surface area contributed by atoms with Crippen molar-refractivity contribution in [1.82, 2.24) is 5.32 Å². The third-order valence-corrected chi connectivity index (χ3v) is 3.64. The molecule has 1 saturated heterocycles. The number of hydrogen-bond donors (Lipinski definition) is 1. The number of carbonyl (C=O) groups is 3. The molecule has 1 N–H and O–H groups in total. The first-order chi connectivity index (χ1) is 10.3. The van der Waals surface area contributed by atoms with Crippen LogP contribution in [0.2, 0.25) is 0 Å². The number of Topliss-reactive ketones (excluding diaryl/α,β-unsaturated/α-hetero) is 1. The van der Waals surface area contributed by atoms with Crippen molar-refractivity contribution in [3.05, 3.63) is 53.9 Å². The molecule has 0 radical (unpaired) electrons. The fraction of sp³-hybridized carbons (Fsp3) is 0.235. The van der Waals surface area contributed by atoms with Crippen LogP contribution >= 0.6 is 0 Å². The molecule has 0 saturated carbocycles. The first-order valence-corrected chi connectivity index (χ1v) is 6.84. The summed E-state index contributed by atoms with van der Waals surface area (Å²) in [5.41, 5.74) is 1.31. The summed E-state index contributed by atoms with van der Waals surface area (Å²) in [5, 5.41) is 2.18. The lowest BCUT2D eigenvalue weighted by Gasteiger charge is -2.22. The fourth-order valence-electron chi connectivity index (χ4n) is 2.43. The number of piperidine rings is 1. The molecule has 0 spiro atoms. The third-order valence-electron chi connectivity index (χ3n) is 3.64. The van der Waals surface area contributed by atoms with Crippen LogP contribution in [0.4, 0.5) is 4.39 Å². The van der Waals surface area contributed by atoms with Crippen molar-refractivity contribution in [2.24, 2.45) is 5.92 Å². The highest BCUT2D eigenvalue weighted by atomic mass is 19.1. The standard InChI is InChI=1S/C17H16FNO3/c1-9(2)12-5-4-11(18)8-14(12)16(21)10(3)13-6-7-15(20)19-17(13)22/h4-5,8,13H,1,3,6-7H2,2H3,(H,19,20,22). The Morgan fingerprint density at radius 1 is 1.27 bits per heavy atom. The molecule has 1 aliphatic heterocycles. The van der Waals surface area contributed by atoms with Crippen molar-refractivity contribution in [2.45, 2.75) is 19.8 Å². The summed E-state index contributed by atoms with van der Waals surface area (Å²) in [6, 6.07) is 3.83. The summed E-state index contributed by atoms with van der Waals surface area (Å²) in [7, 11) is 0. The highest BCUT2D eigenvalue weighted by Gasteiger charge is 2.32. The highest BCUT2D eigenvalue weighted by Crippen LogP contribution is 2.27. The number of halogens is 1. The molecule has 1 unspecified atom stereocenters. The van der Waals surface area contributed by atoms with Gasteiger partial charge in [0.2, 0.25) is 11.8 Å². The van der Waals surface area contributed by atoms with Crippen LogP contribution in [0, 0.1) is 11.7 Å². The molecule has 5 heteroatoms. The van der Waals surface area contributed by atoms with Crippen molar-refractivity contribution in [3.8, 4) is 0 Å². The van der Waals surface area contributed by atoms with E-state index in [0.717, 1.165) is 6.07 Å². The molecule has 4 nitrogen and oxygen atoms in total. The molecule has 0 aromatic heterocycles. The SMILES string of the molecule is C=C(C)c1ccc(F)cc1C(=O)C(=C)C1CCC(=O)NC1=O. The van der Waals surface area contributed by atoms with Gasteiger partial charge in [0.05, 0.1) is 5.92 Å². The van der Waals surface area contributed by atoms with Gasteiger partial charge >= 0.3 is 0 Å². The quantitative estimate of drug-likeness (QED) is 0.528. The van der Waals surface area contributed by atoms with E-state index >= 15 is 0 Å². The Morgan fingerprint density at radius 2 is 1.95 bits per heavy atom. The molecular weight excluding hydrogens is 285 g/mol. The number of amides is 2. The molecule has 2 rings (SSSR count). The number of allylic oxidation sites excluding steroid dienone is 1. The number of ketones is 1. The average Bonchev–Trinajstić information content (AvgIpc) is 2.45. The van der Waals surface area contributed by atoms with Crippen molar-refractivity contribution in [3.63, 3.8) is 0 Å². The molecule has 1 aromatic rings. The maximum absolute atomic E-state index is 13.5. The maximum Gasteiger partial charge on any atom is 0.234 e. The van der Waals surface area contributed by atoms with E-state index in [0.29, 0.717) is 11.1 Å². The van der Waals surface area contributed by atoms with Crippen molar-refractivity contribution >= 4 is 23.2 Å². The predicted octanol–water partition coefficient (Wildman–Crippen LogP) is 2.65. The minimum atomic E-state index is -0.772. The molecule has 1 aromatic carbocycles. The summed E-state index contributed by atoms with van der Waals surface area (Å²) < 4.78 is 13.5. The number of nitrogens with one attached hydrogen (secondary N) is 1. The summed E-state index contributed by atoms with van der Waals surface area (Å²) in [6.45, 7) is 9.16. The lowest BCUT2D eigenvalue weighted by atomic mass is 9.85. The van der Waals surface area contributed by atoms with Crippen molar-refractivity contribution < 1.29 is 18.8 Å². The second-order valence-corrected chi connectivity index (χ2v) is 5.33. The van der Waals surface area contributed by atoms with Gasteiger partial charge in [0.15, 0.2) is 5.78 Å². The van der Waals surface area contributed by atoms with Gasteiger partial charge in [-0.25, -0.2) is 4.39 Å². The van der Waals surface area contributed by atoms with Gasteiger partial charge in [0.1, 0.15) is 5.82 Å². The summed E-state index contributed by atoms with van der Waals surface area (Å²) >= 11 is 0. The van der Waals surface area contributed by atoms with Crippen LogP contribution in [0.3, 0.4) is 0 Å². The van der Waals surface area contributed by atoms with Gasteiger partial charge in [-0.1, -0.05) is 24.8 Å². The Hall–Kier alpha value is -2.56. The first-order valence-electron chi connectivity index (χ1n) is 6.84. The third kappa shape index (κ3) is 3.03. The topological polar surface area (TPSA) is 63.2 Å². The van der Waals surface area contributed by atoms with Crippen LogP contribution in [0.25, 0.3) is 5.57 Å². The second-order valence-electron chi connectivity index (χ2n) is 5.33. The van der Waals surface area contributed by atoms with Crippen LogP contribution in [-0.2, 0) is 9.59 Å². The molecule has 0 aliphatic carbocycles.